The number of rotatable bonds is 4. The van der Waals surface area contributed by atoms with Gasteiger partial charge in [-0.3, -0.25) is 14.4 Å². The predicted octanol–water partition coefficient (Wildman–Crippen LogP) is 2.80. The summed E-state index contributed by atoms with van der Waals surface area (Å²) in [6.45, 7) is 10.5. The molecule has 1 aliphatic heterocycles. The molecule has 0 spiro atoms. The van der Waals surface area contributed by atoms with Crippen molar-refractivity contribution in [2.75, 3.05) is 26.2 Å². The van der Waals surface area contributed by atoms with Crippen LogP contribution in [0.5, 0.6) is 0 Å². The number of aromatic nitrogens is 2. The molecular weight excluding hydrogens is 312 g/mol. The molecule has 5 nitrogen and oxygen atoms in total. The molecule has 1 unspecified atom stereocenters. The summed E-state index contributed by atoms with van der Waals surface area (Å²) in [5.41, 5.74) is 3.33. The van der Waals surface area contributed by atoms with Crippen molar-refractivity contribution in [2.45, 2.75) is 39.8 Å². The number of benzene rings is 1. The standard InChI is InChI=1S/C20H28N4O/c1-16-14-17(2)24(21-16)18(3)20(25)23-11-7-10-22(12-13-23)15-19-8-5-4-6-9-19/h4-6,8-9,14,18H,7,10-13,15H2,1-3H3. The van der Waals surface area contributed by atoms with Gasteiger partial charge in [0.05, 0.1) is 5.69 Å². The van der Waals surface area contributed by atoms with Gasteiger partial charge in [-0.25, -0.2) is 0 Å². The highest BCUT2D eigenvalue weighted by Gasteiger charge is 2.25. The Hall–Kier alpha value is -2.14. The molecule has 0 bridgehead atoms. The second kappa shape index (κ2) is 7.83. The molecule has 0 saturated carbocycles. The van der Waals surface area contributed by atoms with Crippen molar-refractivity contribution >= 4 is 5.91 Å². The summed E-state index contributed by atoms with van der Waals surface area (Å²) in [4.78, 5) is 17.4. The van der Waals surface area contributed by atoms with Crippen LogP contribution in [-0.4, -0.2) is 51.7 Å². The van der Waals surface area contributed by atoms with Crippen LogP contribution < -0.4 is 0 Å². The van der Waals surface area contributed by atoms with Gasteiger partial charge in [-0.05, 0) is 38.8 Å². The Morgan fingerprint density at radius 1 is 1.12 bits per heavy atom. The minimum Gasteiger partial charge on any atom is -0.340 e. The maximum absolute atomic E-state index is 12.9. The normalized spacial score (nSPS) is 17.3. The topological polar surface area (TPSA) is 41.4 Å². The fraction of sp³-hybridized carbons (Fsp3) is 0.500. The number of amides is 1. The van der Waals surface area contributed by atoms with E-state index < -0.39 is 0 Å². The lowest BCUT2D eigenvalue weighted by atomic mass is 10.2. The summed E-state index contributed by atoms with van der Waals surface area (Å²) in [6.07, 6.45) is 1.02. The first kappa shape index (κ1) is 17.7. The Morgan fingerprint density at radius 3 is 2.56 bits per heavy atom. The molecule has 2 heterocycles. The van der Waals surface area contributed by atoms with Crippen LogP contribution in [0.2, 0.25) is 0 Å². The first-order valence-corrected chi connectivity index (χ1v) is 9.12. The van der Waals surface area contributed by atoms with Crippen molar-refractivity contribution in [3.63, 3.8) is 0 Å². The first-order valence-electron chi connectivity index (χ1n) is 9.12. The van der Waals surface area contributed by atoms with E-state index in [1.54, 1.807) is 0 Å². The van der Waals surface area contributed by atoms with E-state index in [0.29, 0.717) is 0 Å². The van der Waals surface area contributed by atoms with Crippen LogP contribution in [0.25, 0.3) is 0 Å². The summed E-state index contributed by atoms with van der Waals surface area (Å²) >= 11 is 0. The van der Waals surface area contributed by atoms with Crippen LogP contribution in [0.4, 0.5) is 0 Å². The third-order valence-electron chi connectivity index (χ3n) is 4.92. The average Bonchev–Trinajstić information content (AvgIpc) is 2.81. The Kier molecular flexibility index (Phi) is 5.53. The van der Waals surface area contributed by atoms with E-state index in [9.17, 15) is 4.79 Å². The summed E-state index contributed by atoms with van der Waals surface area (Å²) in [5, 5.41) is 4.48. The highest BCUT2D eigenvalue weighted by atomic mass is 16.2. The first-order chi connectivity index (χ1) is 12.0. The molecule has 1 amide bonds. The van der Waals surface area contributed by atoms with Crippen molar-refractivity contribution < 1.29 is 4.79 Å². The quantitative estimate of drug-likeness (QED) is 0.859. The average molecular weight is 340 g/mol. The van der Waals surface area contributed by atoms with Gasteiger partial charge in [0, 0.05) is 38.4 Å². The monoisotopic (exact) mass is 340 g/mol. The predicted molar refractivity (Wildman–Crippen MR) is 99.3 cm³/mol. The highest BCUT2D eigenvalue weighted by molar-refractivity contribution is 5.80. The van der Waals surface area contributed by atoms with Gasteiger partial charge < -0.3 is 4.90 Å². The van der Waals surface area contributed by atoms with Crippen molar-refractivity contribution in [1.82, 2.24) is 19.6 Å². The minimum absolute atomic E-state index is 0.174. The van der Waals surface area contributed by atoms with Crippen LogP contribution in [0.3, 0.4) is 0 Å². The molecule has 0 N–H and O–H groups in total. The van der Waals surface area contributed by atoms with E-state index in [0.717, 1.165) is 50.5 Å². The van der Waals surface area contributed by atoms with Gasteiger partial charge in [-0.1, -0.05) is 30.3 Å². The van der Waals surface area contributed by atoms with Crippen LogP contribution in [0.1, 0.15) is 36.3 Å². The Morgan fingerprint density at radius 2 is 1.88 bits per heavy atom. The molecular formula is C20H28N4O. The van der Waals surface area contributed by atoms with Crippen molar-refractivity contribution in [1.29, 1.82) is 0 Å². The molecule has 0 aliphatic carbocycles. The van der Waals surface area contributed by atoms with E-state index in [1.807, 2.05) is 42.5 Å². The number of carbonyl (C=O) groups excluding carboxylic acids is 1. The lowest BCUT2D eigenvalue weighted by molar-refractivity contribution is -0.134. The molecule has 2 aromatic rings. The minimum atomic E-state index is -0.241. The number of hydrogen-bond donors (Lipinski definition) is 0. The van der Waals surface area contributed by atoms with E-state index >= 15 is 0 Å². The smallest absolute Gasteiger partial charge is 0.247 e. The van der Waals surface area contributed by atoms with Crippen LogP contribution >= 0.6 is 0 Å². The van der Waals surface area contributed by atoms with Gasteiger partial charge in [-0.15, -0.1) is 0 Å². The number of nitrogens with zero attached hydrogens (tertiary/aromatic N) is 4. The molecule has 3 rings (SSSR count). The SMILES string of the molecule is Cc1cc(C)n(C(C)C(=O)N2CCCN(Cc3ccccc3)CC2)n1. The Balaban J connectivity index is 1.60. The largest absolute Gasteiger partial charge is 0.340 e. The molecule has 1 fully saturated rings. The van der Waals surface area contributed by atoms with Crippen molar-refractivity contribution in [2.24, 2.45) is 0 Å². The van der Waals surface area contributed by atoms with Gasteiger partial charge in [0.2, 0.25) is 5.91 Å². The lowest BCUT2D eigenvalue weighted by Gasteiger charge is -2.25. The van der Waals surface area contributed by atoms with Gasteiger partial charge in [0.25, 0.3) is 0 Å². The third kappa shape index (κ3) is 4.28. The number of hydrogen-bond acceptors (Lipinski definition) is 3. The zero-order valence-electron chi connectivity index (χ0n) is 15.5. The van der Waals surface area contributed by atoms with E-state index in [2.05, 4.69) is 34.3 Å². The molecule has 25 heavy (non-hydrogen) atoms. The van der Waals surface area contributed by atoms with Gasteiger partial charge in [-0.2, -0.15) is 5.10 Å². The molecule has 1 saturated heterocycles. The summed E-state index contributed by atoms with van der Waals surface area (Å²) in [5.74, 6) is 0.174. The van der Waals surface area contributed by atoms with Crippen molar-refractivity contribution in [3.05, 3.63) is 53.3 Å². The Bertz CT molecular complexity index is 710. The third-order valence-corrected chi connectivity index (χ3v) is 4.92. The lowest BCUT2D eigenvalue weighted by Crippen LogP contribution is -2.39. The fourth-order valence-electron chi connectivity index (χ4n) is 3.60. The fourth-order valence-corrected chi connectivity index (χ4v) is 3.60. The number of carbonyl (C=O) groups is 1. The molecule has 5 heteroatoms. The second-order valence-corrected chi connectivity index (χ2v) is 6.99. The molecule has 1 aliphatic rings. The Labute approximate surface area is 150 Å². The van der Waals surface area contributed by atoms with E-state index in [1.165, 1.54) is 5.56 Å². The maximum atomic E-state index is 12.9. The van der Waals surface area contributed by atoms with Crippen molar-refractivity contribution in [3.8, 4) is 0 Å². The van der Waals surface area contributed by atoms with Crippen LogP contribution in [0.15, 0.2) is 36.4 Å². The molecule has 1 aromatic carbocycles. The number of aryl methyl sites for hydroxylation is 2. The zero-order chi connectivity index (χ0) is 17.8. The molecule has 1 aromatic heterocycles. The summed E-state index contributed by atoms with van der Waals surface area (Å²) < 4.78 is 1.85. The van der Waals surface area contributed by atoms with Gasteiger partial charge >= 0.3 is 0 Å². The molecule has 1 atom stereocenters. The van der Waals surface area contributed by atoms with E-state index in [4.69, 9.17) is 0 Å². The van der Waals surface area contributed by atoms with Gasteiger partial charge in [0.15, 0.2) is 0 Å². The molecule has 0 radical (unpaired) electrons. The second-order valence-electron chi connectivity index (χ2n) is 6.99. The van der Waals surface area contributed by atoms with Gasteiger partial charge in [0.1, 0.15) is 6.04 Å². The summed E-state index contributed by atoms with van der Waals surface area (Å²) in [7, 11) is 0. The van der Waals surface area contributed by atoms with Crippen LogP contribution in [-0.2, 0) is 11.3 Å². The van der Waals surface area contributed by atoms with E-state index in [-0.39, 0.29) is 11.9 Å². The van der Waals surface area contributed by atoms with Crippen LogP contribution in [0, 0.1) is 13.8 Å². The summed E-state index contributed by atoms with van der Waals surface area (Å²) in [6, 6.07) is 12.3. The highest BCUT2D eigenvalue weighted by Crippen LogP contribution is 2.16. The maximum Gasteiger partial charge on any atom is 0.247 e. The zero-order valence-corrected chi connectivity index (χ0v) is 15.5. The molecule has 134 valence electrons.